The second-order valence-electron chi connectivity index (χ2n) is 5.06. The first-order valence-electron chi connectivity index (χ1n) is 6.90. The number of carbonyl (C=O) groups is 1. The van der Waals surface area contributed by atoms with E-state index >= 15 is 0 Å². The summed E-state index contributed by atoms with van der Waals surface area (Å²) in [4.78, 5) is 29.2. The smallest absolute Gasteiger partial charge is 0.291 e. The first-order chi connectivity index (χ1) is 11.4. The van der Waals surface area contributed by atoms with E-state index in [1.165, 1.54) is 24.4 Å². The number of hydrazone groups is 1. The number of H-pyrrole nitrogens is 1. The third-order valence-electron chi connectivity index (χ3n) is 3.33. The predicted molar refractivity (Wildman–Crippen MR) is 86.3 cm³/mol. The Kier molecular flexibility index (Phi) is 3.89. The zero-order chi connectivity index (χ0) is 17.3. The number of rotatable bonds is 4. The lowest BCUT2D eigenvalue weighted by Gasteiger charge is -2.14. The minimum atomic E-state index is -3.87. The van der Waals surface area contributed by atoms with E-state index in [2.05, 4.69) is 20.5 Å². The Morgan fingerprint density at radius 1 is 1.29 bits per heavy atom. The van der Waals surface area contributed by atoms with Gasteiger partial charge in [-0.1, -0.05) is 12.1 Å². The zero-order valence-electron chi connectivity index (χ0n) is 12.6. The highest BCUT2D eigenvalue weighted by atomic mass is 32.2. The van der Waals surface area contributed by atoms with Crippen molar-refractivity contribution >= 4 is 27.5 Å². The largest absolute Gasteiger partial charge is 0.346 e. The monoisotopic (exact) mass is 347 g/mol. The van der Waals surface area contributed by atoms with Crippen molar-refractivity contribution < 1.29 is 13.2 Å². The summed E-state index contributed by atoms with van der Waals surface area (Å²) in [6.07, 6.45) is 1.30. The number of aromatic amines is 1. The maximum atomic E-state index is 12.4. The maximum absolute atomic E-state index is 12.4. The standard InChI is InChI=1S/C14H13N5O4S/c1-9(17-18-12-6-7-15-14(21)16-12)8-19-13(20)10-4-2-3-5-11(10)24(19,22)23/h2-7H,8H2,1H3,(H2,15,16,18,21). The van der Waals surface area contributed by atoms with Crippen LogP contribution in [0.5, 0.6) is 0 Å². The van der Waals surface area contributed by atoms with Gasteiger partial charge in [0.15, 0.2) is 0 Å². The van der Waals surface area contributed by atoms with Crippen LogP contribution in [0.1, 0.15) is 17.3 Å². The van der Waals surface area contributed by atoms with Crippen LogP contribution in [0.15, 0.2) is 51.3 Å². The topological polar surface area (TPSA) is 125 Å². The fourth-order valence-corrected chi connectivity index (χ4v) is 3.81. The van der Waals surface area contributed by atoms with Crippen LogP contribution < -0.4 is 11.1 Å². The first kappa shape index (κ1) is 15.9. The minimum absolute atomic E-state index is 0.00535. The number of carbonyl (C=O) groups excluding carboxylic acids is 1. The molecule has 0 saturated heterocycles. The molecule has 0 saturated carbocycles. The number of anilines is 1. The number of fused-ring (bicyclic) bond motifs is 1. The molecule has 0 radical (unpaired) electrons. The minimum Gasteiger partial charge on any atom is -0.291 e. The Labute approximate surface area is 137 Å². The van der Waals surface area contributed by atoms with Crippen LogP contribution in [-0.2, 0) is 10.0 Å². The summed E-state index contributed by atoms with van der Waals surface area (Å²) in [6, 6.07) is 7.54. The van der Waals surface area contributed by atoms with Crippen molar-refractivity contribution in [2.24, 2.45) is 5.10 Å². The lowest BCUT2D eigenvalue weighted by molar-refractivity contribution is 0.0883. The molecule has 124 valence electrons. The summed E-state index contributed by atoms with van der Waals surface area (Å²) in [5, 5.41) is 3.97. The molecule has 0 unspecified atom stereocenters. The molecule has 0 bridgehead atoms. The van der Waals surface area contributed by atoms with Crippen molar-refractivity contribution in [1.29, 1.82) is 0 Å². The Bertz CT molecular complexity index is 996. The van der Waals surface area contributed by atoms with Gasteiger partial charge in [-0.2, -0.15) is 5.10 Å². The van der Waals surface area contributed by atoms with Gasteiger partial charge < -0.3 is 0 Å². The molecule has 10 heteroatoms. The van der Waals surface area contributed by atoms with Crippen molar-refractivity contribution in [2.45, 2.75) is 11.8 Å². The van der Waals surface area contributed by atoms with Crippen molar-refractivity contribution in [3.63, 3.8) is 0 Å². The van der Waals surface area contributed by atoms with Crippen molar-refractivity contribution in [1.82, 2.24) is 14.3 Å². The van der Waals surface area contributed by atoms with Gasteiger partial charge in [0.1, 0.15) is 10.7 Å². The van der Waals surface area contributed by atoms with Crippen LogP contribution in [0, 0.1) is 0 Å². The van der Waals surface area contributed by atoms with E-state index in [9.17, 15) is 18.0 Å². The summed E-state index contributed by atoms with van der Waals surface area (Å²) >= 11 is 0. The molecule has 1 amide bonds. The Hall–Kier alpha value is -3.01. The molecular weight excluding hydrogens is 334 g/mol. The summed E-state index contributed by atoms with van der Waals surface area (Å²) in [5.41, 5.74) is 2.54. The van der Waals surface area contributed by atoms with Crippen molar-refractivity contribution in [2.75, 3.05) is 12.0 Å². The molecule has 0 spiro atoms. The highest BCUT2D eigenvalue weighted by molar-refractivity contribution is 7.90. The van der Waals surface area contributed by atoms with Gasteiger partial charge in [-0.05, 0) is 25.1 Å². The number of nitrogens with zero attached hydrogens (tertiary/aromatic N) is 3. The van der Waals surface area contributed by atoms with Gasteiger partial charge in [-0.3, -0.25) is 15.2 Å². The third kappa shape index (κ3) is 2.78. The van der Waals surface area contributed by atoms with Crippen LogP contribution in [0.3, 0.4) is 0 Å². The van der Waals surface area contributed by atoms with Gasteiger partial charge >= 0.3 is 5.69 Å². The van der Waals surface area contributed by atoms with Crippen LogP contribution in [0.2, 0.25) is 0 Å². The quantitative estimate of drug-likeness (QED) is 0.609. The zero-order valence-corrected chi connectivity index (χ0v) is 13.4. The van der Waals surface area contributed by atoms with E-state index in [4.69, 9.17) is 0 Å². The average Bonchev–Trinajstić information content (AvgIpc) is 2.75. The van der Waals surface area contributed by atoms with Crippen LogP contribution >= 0.6 is 0 Å². The highest BCUT2D eigenvalue weighted by Gasteiger charge is 2.40. The fraction of sp³-hybridized carbons (Fsp3) is 0.143. The predicted octanol–water partition coefficient (Wildman–Crippen LogP) is 0.402. The van der Waals surface area contributed by atoms with E-state index in [0.717, 1.165) is 4.31 Å². The Morgan fingerprint density at radius 2 is 2.04 bits per heavy atom. The third-order valence-corrected chi connectivity index (χ3v) is 5.11. The molecule has 24 heavy (non-hydrogen) atoms. The van der Waals surface area contributed by atoms with Crippen LogP contribution in [0.4, 0.5) is 5.82 Å². The molecular formula is C14H13N5O4S. The van der Waals surface area contributed by atoms with E-state index in [1.54, 1.807) is 19.1 Å². The molecule has 1 aliphatic rings. The summed E-state index contributed by atoms with van der Waals surface area (Å²) in [6.45, 7) is 1.37. The molecule has 1 aromatic heterocycles. The van der Waals surface area contributed by atoms with Crippen molar-refractivity contribution in [3.8, 4) is 0 Å². The van der Waals surface area contributed by atoms with Gasteiger partial charge in [-0.15, -0.1) is 0 Å². The highest BCUT2D eigenvalue weighted by Crippen LogP contribution is 2.29. The van der Waals surface area contributed by atoms with Gasteiger partial charge in [0.2, 0.25) is 0 Å². The van der Waals surface area contributed by atoms with Gasteiger partial charge in [0.05, 0.1) is 17.8 Å². The average molecular weight is 347 g/mol. The summed E-state index contributed by atoms with van der Waals surface area (Å²) in [7, 11) is -3.87. The molecule has 3 rings (SSSR count). The van der Waals surface area contributed by atoms with Gasteiger partial charge in [-0.25, -0.2) is 22.5 Å². The lowest BCUT2D eigenvalue weighted by Crippen LogP contribution is -2.34. The van der Waals surface area contributed by atoms with E-state index in [-0.39, 0.29) is 17.0 Å². The van der Waals surface area contributed by atoms with Gasteiger partial charge in [0.25, 0.3) is 15.9 Å². The number of hydrogen-bond acceptors (Lipinski definition) is 7. The van der Waals surface area contributed by atoms with Crippen LogP contribution in [-0.4, -0.2) is 40.9 Å². The van der Waals surface area contributed by atoms with Gasteiger partial charge in [0, 0.05) is 6.20 Å². The summed E-state index contributed by atoms with van der Waals surface area (Å²) in [5.74, 6) is -0.286. The molecule has 0 atom stereocenters. The second-order valence-corrected chi connectivity index (χ2v) is 6.89. The molecule has 9 nitrogen and oxygen atoms in total. The van der Waals surface area contributed by atoms with E-state index in [1.807, 2.05) is 0 Å². The number of hydrogen-bond donors (Lipinski definition) is 2. The maximum Gasteiger partial charge on any atom is 0.346 e. The lowest BCUT2D eigenvalue weighted by atomic mass is 10.2. The SMILES string of the molecule is CC(CN1C(=O)c2ccccc2S1(=O)=O)=NNc1ccnc(=O)[nH]1. The molecule has 2 N–H and O–H groups in total. The van der Waals surface area contributed by atoms with E-state index in [0.29, 0.717) is 11.5 Å². The van der Waals surface area contributed by atoms with E-state index < -0.39 is 21.6 Å². The number of amides is 1. The van der Waals surface area contributed by atoms with Crippen molar-refractivity contribution in [3.05, 3.63) is 52.6 Å². The molecule has 1 aliphatic heterocycles. The Morgan fingerprint density at radius 3 is 2.75 bits per heavy atom. The van der Waals surface area contributed by atoms with Crippen LogP contribution in [0.25, 0.3) is 0 Å². The number of benzene rings is 1. The Balaban J connectivity index is 1.80. The fourth-order valence-electron chi connectivity index (χ4n) is 2.22. The molecule has 0 fully saturated rings. The second kappa shape index (κ2) is 5.89. The first-order valence-corrected chi connectivity index (χ1v) is 8.34. The molecule has 2 aromatic rings. The molecule has 0 aliphatic carbocycles. The normalized spacial score (nSPS) is 16.1. The molecule has 1 aromatic carbocycles. The molecule has 2 heterocycles. The number of aromatic nitrogens is 2. The number of nitrogens with one attached hydrogen (secondary N) is 2. The summed E-state index contributed by atoms with van der Waals surface area (Å²) < 4.78 is 25.6. The number of sulfonamides is 1.